The van der Waals surface area contributed by atoms with Crippen LogP contribution in [0.3, 0.4) is 0 Å². The molecule has 2 aromatic rings. The molecule has 0 amide bonds. The predicted octanol–water partition coefficient (Wildman–Crippen LogP) is 2.11. The molecule has 1 heterocycles. The van der Waals surface area contributed by atoms with Gasteiger partial charge >= 0.3 is 0 Å². The lowest BCUT2D eigenvalue weighted by molar-refractivity contribution is 0.453. The van der Waals surface area contributed by atoms with Crippen molar-refractivity contribution >= 4 is 17.2 Å². The maximum atomic E-state index is 5.85. The third-order valence-corrected chi connectivity index (χ3v) is 3.40. The third-order valence-electron chi connectivity index (χ3n) is 3.40. The molecule has 0 unspecified atom stereocenters. The quantitative estimate of drug-likeness (QED) is 0.836. The van der Waals surface area contributed by atoms with E-state index in [4.69, 9.17) is 11.5 Å². The molecule has 4 heteroatoms. The third kappa shape index (κ3) is 2.59. The summed E-state index contributed by atoms with van der Waals surface area (Å²) in [6.45, 7) is 2.57. The number of benzene rings is 2. The fourth-order valence-electron chi connectivity index (χ4n) is 2.50. The molecule has 0 spiro atoms. The van der Waals surface area contributed by atoms with Gasteiger partial charge in [-0.1, -0.05) is 24.3 Å². The van der Waals surface area contributed by atoms with Crippen molar-refractivity contribution in [1.29, 1.82) is 0 Å². The van der Waals surface area contributed by atoms with Gasteiger partial charge in [-0.05, 0) is 29.8 Å². The average molecular weight is 266 g/mol. The number of rotatable bonds is 3. The number of hydrogen-bond donors (Lipinski definition) is 2. The Bertz CT molecular complexity index is 648. The van der Waals surface area contributed by atoms with Gasteiger partial charge in [-0.25, -0.2) is 0 Å². The van der Waals surface area contributed by atoms with Crippen LogP contribution >= 0.6 is 0 Å². The highest BCUT2D eigenvalue weighted by Crippen LogP contribution is 2.17. The van der Waals surface area contributed by atoms with Crippen molar-refractivity contribution in [2.45, 2.75) is 6.54 Å². The Morgan fingerprint density at radius 1 is 1.00 bits per heavy atom. The minimum atomic E-state index is 0.765. The minimum Gasteiger partial charge on any atom is -0.399 e. The van der Waals surface area contributed by atoms with Crippen LogP contribution in [-0.4, -0.2) is 23.8 Å². The molecule has 4 nitrogen and oxygen atoms in total. The zero-order valence-electron chi connectivity index (χ0n) is 11.3. The zero-order valence-corrected chi connectivity index (χ0v) is 11.3. The molecular weight excluding hydrogens is 248 g/mol. The normalized spacial score (nSPS) is 14.4. The fraction of sp³-hybridized carbons (Fsp3) is 0.188. The second-order valence-electron chi connectivity index (χ2n) is 5.00. The summed E-state index contributed by atoms with van der Waals surface area (Å²) in [6, 6.07) is 15.9. The molecule has 0 aliphatic carbocycles. The van der Waals surface area contributed by atoms with E-state index in [9.17, 15) is 0 Å². The Morgan fingerprint density at radius 3 is 2.50 bits per heavy atom. The Morgan fingerprint density at radius 2 is 1.75 bits per heavy atom. The van der Waals surface area contributed by atoms with Crippen molar-refractivity contribution < 1.29 is 0 Å². The number of nitrogen functional groups attached to an aromatic ring is 2. The maximum absolute atomic E-state index is 5.85. The van der Waals surface area contributed by atoms with Crippen LogP contribution in [0.1, 0.15) is 11.1 Å². The predicted molar refractivity (Wildman–Crippen MR) is 83.5 cm³/mol. The molecular formula is C16H18N4. The van der Waals surface area contributed by atoms with Gasteiger partial charge in [0.05, 0.1) is 6.54 Å². The molecule has 0 bridgehead atoms. The maximum Gasteiger partial charge on any atom is 0.131 e. The molecule has 0 saturated carbocycles. The highest BCUT2D eigenvalue weighted by atomic mass is 15.2. The lowest BCUT2D eigenvalue weighted by Crippen LogP contribution is -2.28. The van der Waals surface area contributed by atoms with Crippen molar-refractivity contribution in [3.05, 3.63) is 59.7 Å². The summed E-state index contributed by atoms with van der Waals surface area (Å²) in [5.74, 6) is 1.01. The molecule has 4 N–H and O–H groups in total. The Kier molecular flexibility index (Phi) is 3.29. The summed E-state index contributed by atoms with van der Waals surface area (Å²) in [7, 11) is 0. The number of aliphatic imine (C=N–C) groups is 1. The van der Waals surface area contributed by atoms with E-state index >= 15 is 0 Å². The van der Waals surface area contributed by atoms with Crippen LogP contribution in [0.2, 0.25) is 0 Å². The van der Waals surface area contributed by atoms with E-state index in [0.717, 1.165) is 42.4 Å². The molecule has 1 aliphatic heterocycles. The number of anilines is 2. The van der Waals surface area contributed by atoms with Gasteiger partial charge < -0.3 is 16.4 Å². The second-order valence-corrected chi connectivity index (χ2v) is 5.00. The first kappa shape index (κ1) is 12.5. The number of nitrogens with two attached hydrogens (primary N) is 2. The summed E-state index contributed by atoms with van der Waals surface area (Å²) >= 11 is 0. The Hall–Kier alpha value is -2.49. The molecule has 0 radical (unpaired) electrons. The van der Waals surface area contributed by atoms with Crippen LogP contribution < -0.4 is 11.5 Å². The van der Waals surface area contributed by atoms with Gasteiger partial charge in [0.25, 0.3) is 0 Å². The van der Waals surface area contributed by atoms with Gasteiger partial charge in [0, 0.05) is 30.0 Å². The van der Waals surface area contributed by atoms with Crippen LogP contribution in [0.25, 0.3) is 0 Å². The first-order chi connectivity index (χ1) is 9.72. The van der Waals surface area contributed by atoms with E-state index in [-0.39, 0.29) is 0 Å². The molecule has 0 aromatic heterocycles. The topological polar surface area (TPSA) is 67.6 Å². The van der Waals surface area contributed by atoms with Gasteiger partial charge in [0.15, 0.2) is 0 Å². The van der Waals surface area contributed by atoms with Crippen molar-refractivity contribution in [3.8, 4) is 0 Å². The van der Waals surface area contributed by atoms with Crippen LogP contribution in [0.5, 0.6) is 0 Å². The summed E-state index contributed by atoms with van der Waals surface area (Å²) in [6.07, 6.45) is 0. The lowest BCUT2D eigenvalue weighted by atomic mass is 10.1. The van der Waals surface area contributed by atoms with E-state index < -0.39 is 0 Å². The Labute approximate surface area is 118 Å². The van der Waals surface area contributed by atoms with Crippen molar-refractivity contribution in [2.24, 2.45) is 4.99 Å². The number of nitrogens with zero attached hydrogens (tertiary/aromatic N) is 2. The number of amidine groups is 1. The molecule has 102 valence electrons. The van der Waals surface area contributed by atoms with Crippen molar-refractivity contribution in [2.75, 3.05) is 24.6 Å². The van der Waals surface area contributed by atoms with Gasteiger partial charge in [0.1, 0.15) is 5.84 Å². The smallest absolute Gasteiger partial charge is 0.131 e. The minimum absolute atomic E-state index is 0.765. The monoisotopic (exact) mass is 266 g/mol. The SMILES string of the molecule is Nc1cccc(CN2CCN=C2c2cccc(N)c2)c1. The van der Waals surface area contributed by atoms with E-state index in [0.29, 0.717) is 0 Å². The molecule has 0 atom stereocenters. The second kappa shape index (κ2) is 5.25. The van der Waals surface area contributed by atoms with E-state index in [1.807, 2.05) is 42.5 Å². The molecule has 0 fully saturated rings. The summed E-state index contributed by atoms with van der Waals surface area (Å²) < 4.78 is 0. The summed E-state index contributed by atoms with van der Waals surface area (Å²) in [5, 5.41) is 0. The van der Waals surface area contributed by atoms with Crippen molar-refractivity contribution in [1.82, 2.24) is 4.90 Å². The van der Waals surface area contributed by atoms with Crippen LogP contribution in [-0.2, 0) is 6.54 Å². The summed E-state index contributed by atoms with van der Waals surface area (Å²) in [5.41, 5.74) is 15.5. The van der Waals surface area contributed by atoms with Crippen LogP contribution in [0.4, 0.5) is 11.4 Å². The molecule has 1 aliphatic rings. The molecule has 2 aromatic carbocycles. The number of hydrogen-bond acceptors (Lipinski definition) is 4. The van der Waals surface area contributed by atoms with Crippen molar-refractivity contribution in [3.63, 3.8) is 0 Å². The van der Waals surface area contributed by atoms with Gasteiger partial charge in [0.2, 0.25) is 0 Å². The average Bonchev–Trinajstić information content (AvgIpc) is 2.87. The van der Waals surface area contributed by atoms with Gasteiger partial charge in [-0.3, -0.25) is 4.99 Å². The largest absolute Gasteiger partial charge is 0.399 e. The first-order valence-electron chi connectivity index (χ1n) is 6.72. The first-order valence-corrected chi connectivity index (χ1v) is 6.72. The van der Waals surface area contributed by atoms with E-state index in [1.165, 1.54) is 5.56 Å². The standard InChI is InChI=1S/C16H18N4/c17-14-5-1-3-12(9-14)11-20-8-7-19-16(20)13-4-2-6-15(18)10-13/h1-6,9-10H,7-8,11,17-18H2. The fourth-order valence-corrected chi connectivity index (χ4v) is 2.50. The van der Waals surface area contributed by atoms with E-state index in [1.54, 1.807) is 0 Å². The van der Waals surface area contributed by atoms with Crippen LogP contribution in [0.15, 0.2) is 53.5 Å². The molecule has 3 rings (SSSR count). The van der Waals surface area contributed by atoms with E-state index in [2.05, 4.69) is 16.0 Å². The molecule has 20 heavy (non-hydrogen) atoms. The lowest BCUT2D eigenvalue weighted by Gasteiger charge is -2.21. The van der Waals surface area contributed by atoms with Gasteiger partial charge in [-0.15, -0.1) is 0 Å². The highest BCUT2D eigenvalue weighted by molar-refractivity contribution is 6.00. The van der Waals surface area contributed by atoms with Crippen LogP contribution in [0, 0.1) is 0 Å². The zero-order chi connectivity index (χ0) is 13.9. The highest BCUT2D eigenvalue weighted by Gasteiger charge is 2.18. The summed E-state index contributed by atoms with van der Waals surface area (Å²) in [4.78, 5) is 6.87. The Balaban J connectivity index is 1.82. The molecule has 0 saturated heterocycles. The van der Waals surface area contributed by atoms with Gasteiger partial charge in [-0.2, -0.15) is 0 Å².